The van der Waals surface area contributed by atoms with E-state index in [4.69, 9.17) is 0 Å². The molecule has 2 nitrogen and oxygen atoms in total. The molecule has 0 aliphatic rings. The number of carbonyl (C=O) groups is 1. The Kier molecular flexibility index (Phi) is 9.62. The van der Waals surface area contributed by atoms with Gasteiger partial charge in [0.05, 0.1) is 0 Å². The quantitative estimate of drug-likeness (QED) is 0.351. The molecule has 0 N–H and O–H groups in total. The van der Waals surface area contributed by atoms with E-state index in [1.807, 2.05) is 4.90 Å². The summed E-state index contributed by atoms with van der Waals surface area (Å²) in [7, 11) is 1.98. The zero-order valence-corrected chi connectivity index (χ0v) is 12.8. The predicted octanol–water partition coefficient (Wildman–Crippen LogP) is 2.51. The first-order chi connectivity index (χ1) is 7.63. The summed E-state index contributed by atoms with van der Waals surface area (Å²) in [6, 6.07) is 2.46. The highest BCUT2D eigenvalue weighted by Gasteiger charge is 2.12. The molecule has 0 aromatic carbocycles. The minimum absolute atomic E-state index is 0.138. The fourth-order valence-corrected chi connectivity index (χ4v) is 2.50. The molecule has 0 unspecified atom stereocenters. The van der Waals surface area contributed by atoms with Gasteiger partial charge in [-0.1, -0.05) is 31.8 Å². The van der Waals surface area contributed by atoms with Crippen LogP contribution in [-0.4, -0.2) is 42.9 Å². The van der Waals surface area contributed by atoms with Gasteiger partial charge in [-0.15, -0.1) is 0 Å². The molecule has 0 saturated carbocycles. The van der Waals surface area contributed by atoms with E-state index in [-0.39, 0.29) is 5.91 Å². The lowest BCUT2D eigenvalue weighted by Crippen LogP contribution is -2.33. The van der Waals surface area contributed by atoms with Crippen molar-refractivity contribution in [1.82, 2.24) is 4.90 Å². The molecule has 4 radical (unpaired) electrons. The number of rotatable bonds is 9. The molecule has 0 aliphatic heterocycles. The van der Waals surface area contributed by atoms with Gasteiger partial charge in [-0.05, 0) is 19.8 Å². The van der Waals surface area contributed by atoms with Gasteiger partial charge in [0.2, 0.25) is 5.91 Å². The number of hydrogen-bond donors (Lipinski definition) is 0. The third kappa shape index (κ3) is 7.01. The van der Waals surface area contributed by atoms with Gasteiger partial charge < -0.3 is 4.90 Å². The minimum Gasteiger partial charge on any atom is -0.339 e. The first-order valence-corrected chi connectivity index (χ1v) is 9.29. The van der Waals surface area contributed by atoms with Crippen molar-refractivity contribution in [2.45, 2.75) is 44.9 Å². The van der Waals surface area contributed by atoms with Gasteiger partial charge in [-0.25, -0.2) is 0 Å². The van der Waals surface area contributed by atoms with E-state index >= 15 is 0 Å². The van der Waals surface area contributed by atoms with Crippen LogP contribution in [0.4, 0.5) is 0 Å². The summed E-state index contributed by atoms with van der Waals surface area (Å²) in [5, 5.41) is 0. The first-order valence-electron chi connectivity index (χ1n) is 5.87. The molecule has 0 aromatic rings. The van der Waals surface area contributed by atoms with Gasteiger partial charge in [0.15, 0.2) is 0 Å². The number of amides is 1. The SMILES string of the molecule is C=C(C)C(=O)N(CCC[Si]C)CCC[Si]C. The maximum Gasteiger partial charge on any atom is 0.248 e. The average Bonchev–Trinajstić information content (AvgIpc) is 2.26. The molecule has 0 aliphatic carbocycles. The maximum atomic E-state index is 11.9. The summed E-state index contributed by atoms with van der Waals surface area (Å²) in [6.45, 7) is 11.8. The van der Waals surface area contributed by atoms with Gasteiger partial charge in [-0.3, -0.25) is 4.79 Å². The average molecular weight is 253 g/mol. The molecule has 0 bridgehead atoms. The van der Waals surface area contributed by atoms with E-state index in [9.17, 15) is 4.79 Å². The van der Waals surface area contributed by atoms with E-state index < -0.39 is 0 Å². The van der Waals surface area contributed by atoms with Gasteiger partial charge in [0.1, 0.15) is 0 Å². The second-order valence-corrected chi connectivity index (χ2v) is 6.40. The lowest BCUT2D eigenvalue weighted by atomic mass is 10.2. The summed E-state index contributed by atoms with van der Waals surface area (Å²) in [5.41, 5.74) is 0.665. The van der Waals surface area contributed by atoms with Crippen LogP contribution in [0.5, 0.6) is 0 Å². The monoisotopic (exact) mass is 253 g/mol. The summed E-state index contributed by atoms with van der Waals surface area (Å²) in [5.74, 6) is 0.138. The molecule has 90 valence electrons. The highest BCUT2D eigenvalue weighted by atomic mass is 28.2. The third-order valence-electron chi connectivity index (χ3n) is 2.36. The lowest BCUT2D eigenvalue weighted by Gasteiger charge is -2.22. The molecule has 4 heteroatoms. The smallest absolute Gasteiger partial charge is 0.248 e. The minimum atomic E-state index is 0.138. The fraction of sp³-hybridized carbons (Fsp3) is 0.750. The number of carbonyl (C=O) groups excluding carboxylic acids is 1. The topological polar surface area (TPSA) is 20.3 Å². The molecule has 0 heterocycles. The fourth-order valence-electron chi connectivity index (χ4n) is 1.48. The van der Waals surface area contributed by atoms with Crippen molar-refractivity contribution in [3.8, 4) is 0 Å². The van der Waals surface area contributed by atoms with Crippen molar-refractivity contribution in [1.29, 1.82) is 0 Å². The summed E-state index contributed by atoms with van der Waals surface area (Å²) >= 11 is 0. The van der Waals surface area contributed by atoms with Crippen LogP contribution in [0.2, 0.25) is 25.2 Å². The molecular weight excluding hydrogens is 230 g/mol. The molecule has 0 rings (SSSR count). The molecule has 0 aromatic heterocycles. The summed E-state index contributed by atoms with van der Waals surface area (Å²) in [6.07, 6.45) is 2.25. The second-order valence-electron chi connectivity index (χ2n) is 3.99. The van der Waals surface area contributed by atoms with Crippen LogP contribution >= 0.6 is 0 Å². The zero-order chi connectivity index (χ0) is 12.4. The molecule has 16 heavy (non-hydrogen) atoms. The highest BCUT2D eigenvalue weighted by Crippen LogP contribution is 2.04. The van der Waals surface area contributed by atoms with Crippen molar-refractivity contribution < 1.29 is 4.79 Å². The number of hydrogen-bond acceptors (Lipinski definition) is 1. The van der Waals surface area contributed by atoms with Crippen molar-refractivity contribution >= 4 is 24.9 Å². The Morgan fingerprint density at radius 1 is 1.12 bits per heavy atom. The van der Waals surface area contributed by atoms with Crippen molar-refractivity contribution in [3.05, 3.63) is 12.2 Å². The van der Waals surface area contributed by atoms with E-state index in [0.717, 1.165) is 45.0 Å². The molecule has 0 fully saturated rings. The maximum absolute atomic E-state index is 11.9. The molecule has 0 saturated heterocycles. The van der Waals surface area contributed by atoms with Crippen LogP contribution in [0.15, 0.2) is 12.2 Å². The molecular formula is C12H23NOSi2. The van der Waals surface area contributed by atoms with Crippen LogP contribution < -0.4 is 0 Å². The van der Waals surface area contributed by atoms with Gasteiger partial charge in [-0.2, -0.15) is 0 Å². The summed E-state index contributed by atoms with van der Waals surface area (Å²) < 4.78 is 0. The van der Waals surface area contributed by atoms with Crippen LogP contribution in [0.25, 0.3) is 0 Å². The first kappa shape index (κ1) is 15.6. The Labute approximate surface area is 105 Å². The lowest BCUT2D eigenvalue weighted by molar-refractivity contribution is -0.127. The molecule has 0 atom stereocenters. The summed E-state index contributed by atoms with van der Waals surface area (Å²) in [4.78, 5) is 13.8. The van der Waals surface area contributed by atoms with Gasteiger partial charge in [0, 0.05) is 37.7 Å². The standard InChI is InChI=1S/C12H23NOSi2/c1-11(2)12(14)13(7-5-9-15-3)8-6-10-16-4/h1,5-10H2,2-4H3. The van der Waals surface area contributed by atoms with Crippen LogP contribution in [0.1, 0.15) is 19.8 Å². The second kappa shape index (κ2) is 9.84. The Balaban J connectivity index is 4.05. The Hall–Kier alpha value is -0.356. The Bertz CT molecular complexity index is 209. The largest absolute Gasteiger partial charge is 0.339 e. The van der Waals surface area contributed by atoms with Crippen LogP contribution in [-0.2, 0) is 4.79 Å². The highest BCUT2D eigenvalue weighted by molar-refractivity contribution is 6.33. The number of nitrogens with zero attached hydrogens (tertiary/aromatic N) is 1. The molecule has 0 spiro atoms. The van der Waals surface area contributed by atoms with E-state index in [2.05, 4.69) is 19.7 Å². The van der Waals surface area contributed by atoms with E-state index in [0.29, 0.717) is 5.57 Å². The third-order valence-corrected chi connectivity index (χ3v) is 4.07. The Morgan fingerprint density at radius 3 is 1.88 bits per heavy atom. The van der Waals surface area contributed by atoms with Crippen molar-refractivity contribution in [2.75, 3.05) is 13.1 Å². The van der Waals surface area contributed by atoms with E-state index in [1.165, 1.54) is 12.1 Å². The predicted molar refractivity (Wildman–Crippen MR) is 73.5 cm³/mol. The van der Waals surface area contributed by atoms with Crippen LogP contribution in [0, 0.1) is 0 Å². The normalized spacial score (nSPS) is 10.2. The molecule has 1 amide bonds. The van der Waals surface area contributed by atoms with Crippen LogP contribution in [0.3, 0.4) is 0 Å². The van der Waals surface area contributed by atoms with Crippen molar-refractivity contribution in [2.24, 2.45) is 0 Å². The Morgan fingerprint density at radius 2 is 1.56 bits per heavy atom. The van der Waals surface area contributed by atoms with Gasteiger partial charge in [0.25, 0.3) is 0 Å². The van der Waals surface area contributed by atoms with Crippen molar-refractivity contribution in [3.63, 3.8) is 0 Å². The van der Waals surface area contributed by atoms with Gasteiger partial charge >= 0.3 is 0 Å². The zero-order valence-electron chi connectivity index (χ0n) is 10.8. The van der Waals surface area contributed by atoms with E-state index in [1.54, 1.807) is 6.92 Å².